The molecule has 0 radical (unpaired) electrons. The summed E-state index contributed by atoms with van der Waals surface area (Å²) in [5, 5.41) is 0. The van der Waals surface area contributed by atoms with Crippen LogP contribution in [0.1, 0.15) is 53.4 Å². The van der Waals surface area contributed by atoms with Crippen LogP contribution >= 0.6 is 0 Å². The van der Waals surface area contributed by atoms with Gasteiger partial charge in [-0.2, -0.15) is 0 Å². The Balaban J connectivity index is 1.93. The number of carbonyl (C=O) groups is 1. The first kappa shape index (κ1) is 24.1. The van der Waals surface area contributed by atoms with Crippen LogP contribution in [-0.4, -0.2) is 24.7 Å². The van der Waals surface area contributed by atoms with Crippen LogP contribution < -0.4 is 5.73 Å². The zero-order chi connectivity index (χ0) is 23.8. The summed E-state index contributed by atoms with van der Waals surface area (Å²) in [5.41, 5.74) is 10.2. The van der Waals surface area contributed by atoms with E-state index in [2.05, 4.69) is 4.98 Å². The highest BCUT2D eigenvalue weighted by molar-refractivity contribution is 6.02. The molecule has 1 heterocycles. The summed E-state index contributed by atoms with van der Waals surface area (Å²) in [6.45, 7) is 4.93. The van der Waals surface area contributed by atoms with Crippen molar-refractivity contribution in [1.29, 1.82) is 0 Å². The molecule has 5 nitrogen and oxygen atoms in total. The van der Waals surface area contributed by atoms with E-state index < -0.39 is 5.97 Å². The van der Waals surface area contributed by atoms with Gasteiger partial charge in [0.05, 0.1) is 31.6 Å². The molecular formula is C27H29FN2O3. The minimum Gasteiger partial charge on any atom is -0.465 e. The molecule has 0 saturated heterocycles. The summed E-state index contributed by atoms with van der Waals surface area (Å²) < 4.78 is 24.4. The van der Waals surface area contributed by atoms with Crippen LogP contribution in [0.4, 0.5) is 10.2 Å². The number of anilines is 1. The van der Waals surface area contributed by atoms with Gasteiger partial charge in [-0.1, -0.05) is 68.5 Å². The summed E-state index contributed by atoms with van der Waals surface area (Å²) >= 11 is 0. The Morgan fingerprint density at radius 2 is 1.82 bits per heavy atom. The number of nitrogens with zero attached hydrogens (tertiary/aromatic N) is 1. The van der Waals surface area contributed by atoms with Crippen molar-refractivity contribution in [3.05, 3.63) is 88.9 Å². The highest BCUT2D eigenvalue weighted by Crippen LogP contribution is 2.36. The first-order valence-corrected chi connectivity index (χ1v) is 10.9. The van der Waals surface area contributed by atoms with E-state index in [0.717, 1.165) is 5.56 Å². The first-order valence-electron chi connectivity index (χ1n) is 10.9. The molecule has 3 aromatic rings. The number of carbonyl (C=O) groups excluding carboxylic acids is 1. The molecule has 0 fully saturated rings. The van der Waals surface area contributed by atoms with E-state index in [4.69, 9.17) is 15.2 Å². The Hall–Kier alpha value is -3.51. The predicted octanol–water partition coefficient (Wildman–Crippen LogP) is 6.00. The van der Waals surface area contributed by atoms with E-state index in [9.17, 15) is 9.18 Å². The van der Waals surface area contributed by atoms with Crippen LogP contribution in [0.2, 0.25) is 0 Å². The molecule has 172 valence electrons. The molecule has 6 heteroatoms. The standard InChI is InChI=1S/C27H29FN2O3/c1-18(2)25-24(27(31)32-3)23(20-12-14-21(28)15-13-20)22(26(29)30-25)11-7-8-16-33-17-19-9-5-4-6-10-19/h4-7,9-15,18H,8,16-17H2,1-3H3,(H2,29,30). The van der Waals surface area contributed by atoms with E-state index in [0.29, 0.717) is 53.4 Å². The summed E-state index contributed by atoms with van der Waals surface area (Å²) in [6.07, 6.45) is 4.42. The van der Waals surface area contributed by atoms with Crippen molar-refractivity contribution >= 4 is 17.9 Å². The monoisotopic (exact) mass is 448 g/mol. The van der Waals surface area contributed by atoms with Gasteiger partial charge in [-0.05, 0) is 35.6 Å². The van der Waals surface area contributed by atoms with Gasteiger partial charge in [-0.3, -0.25) is 0 Å². The smallest absolute Gasteiger partial charge is 0.340 e. The van der Waals surface area contributed by atoms with Crippen LogP contribution in [-0.2, 0) is 16.1 Å². The maximum atomic E-state index is 13.6. The van der Waals surface area contributed by atoms with Crippen molar-refractivity contribution in [2.24, 2.45) is 0 Å². The summed E-state index contributed by atoms with van der Waals surface area (Å²) in [5.74, 6) is -0.638. The molecule has 33 heavy (non-hydrogen) atoms. The van der Waals surface area contributed by atoms with Gasteiger partial charge in [0, 0.05) is 11.1 Å². The fourth-order valence-corrected chi connectivity index (χ4v) is 3.57. The number of pyridine rings is 1. The maximum Gasteiger partial charge on any atom is 0.340 e. The van der Waals surface area contributed by atoms with E-state index in [1.165, 1.54) is 19.2 Å². The zero-order valence-electron chi connectivity index (χ0n) is 19.2. The number of aromatic nitrogens is 1. The van der Waals surface area contributed by atoms with Crippen molar-refractivity contribution in [3.8, 4) is 11.1 Å². The van der Waals surface area contributed by atoms with Crippen LogP contribution in [0.15, 0.2) is 60.7 Å². The Morgan fingerprint density at radius 3 is 2.45 bits per heavy atom. The molecule has 0 aliphatic carbocycles. The van der Waals surface area contributed by atoms with Crippen molar-refractivity contribution in [2.75, 3.05) is 19.5 Å². The van der Waals surface area contributed by atoms with Gasteiger partial charge in [0.2, 0.25) is 0 Å². The van der Waals surface area contributed by atoms with Crippen molar-refractivity contribution in [1.82, 2.24) is 4.98 Å². The number of benzene rings is 2. The number of ether oxygens (including phenoxy) is 2. The number of nitrogen functional groups attached to an aromatic ring is 1. The average Bonchev–Trinajstić information content (AvgIpc) is 2.82. The maximum absolute atomic E-state index is 13.6. The minimum atomic E-state index is -0.508. The topological polar surface area (TPSA) is 74.4 Å². The van der Waals surface area contributed by atoms with Crippen molar-refractivity contribution < 1.29 is 18.7 Å². The summed E-state index contributed by atoms with van der Waals surface area (Å²) in [7, 11) is 1.33. The van der Waals surface area contributed by atoms with Gasteiger partial charge >= 0.3 is 5.97 Å². The highest BCUT2D eigenvalue weighted by Gasteiger charge is 2.25. The minimum absolute atomic E-state index is 0.0648. The Bertz CT molecular complexity index is 1110. The normalized spacial score (nSPS) is 11.3. The number of esters is 1. The van der Waals surface area contributed by atoms with Crippen molar-refractivity contribution in [2.45, 2.75) is 32.8 Å². The van der Waals surface area contributed by atoms with Gasteiger partial charge in [-0.25, -0.2) is 14.2 Å². The van der Waals surface area contributed by atoms with Gasteiger partial charge in [0.15, 0.2) is 0 Å². The summed E-state index contributed by atoms with van der Waals surface area (Å²) in [4.78, 5) is 17.3. The molecule has 3 rings (SSSR count). The van der Waals surface area contributed by atoms with E-state index in [1.807, 2.05) is 56.3 Å². The Kier molecular flexibility index (Phi) is 8.33. The number of nitrogens with two attached hydrogens (primary N) is 1. The number of halogens is 1. The van der Waals surface area contributed by atoms with Gasteiger partial charge in [0.1, 0.15) is 11.6 Å². The SMILES string of the molecule is COC(=O)c1c(C(C)C)nc(N)c(C=CCCOCc2ccccc2)c1-c1ccc(F)cc1. The van der Waals surface area contributed by atoms with E-state index in [-0.39, 0.29) is 11.7 Å². The first-order chi connectivity index (χ1) is 15.9. The third-order valence-corrected chi connectivity index (χ3v) is 5.19. The second-order valence-corrected chi connectivity index (χ2v) is 7.93. The fourth-order valence-electron chi connectivity index (χ4n) is 3.57. The Labute approximate surface area is 194 Å². The van der Waals surface area contributed by atoms with Crippen LogP contribution in [0.5, 0.6) is 0 Å². The lowest BCUT2D eigenvalue weighted by atomic mass is 9.90. The largest absolute Gasteiger partial charge is 0.465 e. The number of hydrogen-bond donors (Lipinski definition) is 1. The van der Waals surface area contributed by atoms with Gasteiger partial charge < -0.3 is 15.2 Å². The molecule has 0 spiro atoms. The molecule has 0 aliphatic heterocycles. The van der Waals surface area contributed by atoms with Gasteiger partial charge in [-0.15, -0.1) is 0 Å². The lowest BCUT2D eigenvalue weighted by Crippen LogP contribution is -2.14. The number of rotatable bonds is 9. The third kappa shape index (κ3) is 6.05. The predicted molar refractivity (Wildman–Crippen MR) is 129 cm³/mol. The highest BCUT2D eigenvalue weighted by atomic mass is 19.1. The van der Waals surface area contributed by atoms with E-state index >= 15 is 0 Å². The van der Waals surface area contributed by atoms with Crippen LogP contribution in [0.3, 0.4) is 0 Å². The summed E-state index contributed by atoms with van der Waals surface area (Å²) in [6, 6.07) is 15.9. The molecule has 0 atom stereocenters. The zero-order valence-corrected chi connectivity index (χ0v) is 19.2. The third-order valence-electron chi connectivity index (χ3n) is 5.19. The molecule has 0 amide bonds. The lowest BCUT2D eigenvalue weighted by molar-refractivity contribution is 0.0599. The molecule has 0 aliphatic rings. The van der Waals surface area contributed by atoms with Crippen molar-refractivity contribution in [3.63, 3.8) is 0 Å². The second-order valence-electron chi connectivity index (χ2n) is 7.93. The fraction of sp³-hybridized carbons (Fsp3) is 0.259. The quantitative estimate of drug-likeness (QED) is 0.321. The Morgan fingerprint density at radius 1 is 1.12 bits per heavy atom. The second kappa shape index (κ2) is 11.4. The lowest BCUT2D eigenvalue weighted by Gasteiger charge is -2.19. The number of hydrogen-bond acceptors (Lipinski definition) is 5. The number of methoxy groups -OCH3 is 1. The average molecular weight is 449 g/mol. The molecule has 2 aromatic carbocycles. The molecule has 2 N–H and O–H groups in total. The molecule has 0 bridgehead atoms. The molecule has 0 unspecified atom stereocenters. The molecule has 1 aromatic heterocycles. The van der Waals surface area contributed by atoms with Crippen LogP contribution in [0.25, 0.3) is 17.2 Å². The van der Waals surface area contributed by atoms with Crippen LogP contribution in [0, 0.1) is 5.82 Å². The molecule has 0 saturated carbocycles. The van der Waals surface area contributed by atoms with Gasteiger partial charge in [0.25, 0.3) is 0 Å². The van der Waals surface area contributed by atoms with E-state index in [1.54, 1.807) is 12.1 Å². The molecular weight excluding hydrogens is 419 g/mol.